The molecule has 9 heteroatoms. The van der Waals surface area contributed by atoms with Gasteiger partial charge < -0.3 is 5.32 Å². The summed E-state index contributed by atoms with van der Waals surface area (Å²) in [5.41, 5.74) is 0.189. The molecule has 0 heterocycles. The van der Waals surface area contributed by atoms with Gasteiger partial charge in [0.25, 0.3) is 5.69 Å². The van der Waals surface area contributed by atoms with Crippen LogP contribution in [-0.4, -0.2) is 25.8 Å². The summed E-state index contributed by atoms with van der Waals surface area (Å²) in [6.45, 7) is -0.486. The third-order valence-electron chi connectivity index (χ3n) is 2.82. The van der Waals surface area contributed by atoms with Crippen molar-refractivity contribution in [2.45, 2.75) is 4.90 Å². The van der Waals surface area contributed by atoms with Crippen molar-refractivity contribution in [1.82, 2.24) is 4.72 Å². The molecule has 8 nitrogen and oxygen atoms in total. The molecule has 1 amide bonds. The Morgan fingerprint density at radius 2 is 1.78 bits per heavy atom. The Hall–Kier alpha value is -2.78. The maximum Gasteiger partial charge on any atom is 0.270 e. The number of carbonyl (C=O) groups is 1. The minimum Gasteiger partial charge on any atom is -0.325 e. The smallest absolute Gasteiger partial charge is 0.270 e. The lowest BCUT2D eigenvalue weighted by Crippen LogP contribution is -2.32. The number of hydrogen-bond acceptors (Lipinski definition) is 5. The summed E-state index contributed by atoms with van der Waals surface area (Å²) in [5.74, 6) is -0.551. The number of hydrogen-bond donors (Lipinski definition) is 2. The first-order valence-electron chi connectivity index (χ1n) is 6.47. The maximum atomic E-state index is 12.1. The summed E-state index contributed by atoms with van der Waals surface area (Å²) in [7, 11) is -4.02. The van der Waals surface area contributed by atoms with Crippen LogP contribution >= 0.6 is 0 Å². The van der Waals surface area contributed by atoms with E-state index in [2.05, 4.69) is 10.0 Å². The average molecular weight is 335 g/mol. The zero-order valence-electron chi connectivity index (χ0n) is 11.8. The minimum absolute atomic E-state index is 0.279. The number of amides is 1. The van der Waals surface area contributed by atoms with Crippen LogP contribution in [0.3, 0.4) is 0 Å². The summed E-state index contributed by atoms with van der Waals surface area (Å²) in [5, 5.41) is 13.2. The number of carbonyl (C=O) groups excluding carboxylic acids is 1. The highest BCUT2D eigenvalue weighted by atomic mass is 32.2. The van der Waals surface area contributed by atoms with Crippen molar-refractivity contribution < 1.29 is 18.1 Å². The number of benzene rings is 2. The van der Waals surface area contributed by atoms with Crippen LogP contribution in [0, 0.1) is 10.1 Å². The van der Waals surface area contributed by atoms with E-state index in [9.17, 15) is 23.3 Å². The topological polar surface area (TPSA) is 118 Å². The number of sulfonamides is 1. The molecular formula is C14H13N3O5S. The zero-order chi connectivity index (χ0) is 16.9. The van der Waals surface area contributed by atoms with Crippen molar-refractivity contribution in [3.63, 3.8) is 0 Å². The third kappa shape index (κ3) is 4.59. The Morgan fingerprint density at radius 3 is 2.43 bits per heavy atom. The summed E-state index contributed by atoms with van der Waals surface area (Å²) in [6.07, 6.45) is 0. The van der Waals surface area contributed by atoms with E-state index in [4.69, 9.17) is 0 Å². The van der Waals surface area contributed by atoms with E-state index >= 15 is 0 Å². The highest BCUT2D eigenvalue weighted by Crippen LogP contribution is 2.17. The molecule has 2 rings (SSSR count). The molecule has 0 radical (unpaired) electrons. The number of nitro benzene ring substituents is 1. The Morgan fingerprint density at radius 1 is 1.09 bits per heavy atom. The second-order valence-corrected chi connectivity index (χ2v) is 6.26. The summed E-state index contributed by atoms with van der Waals surface area (Å²) >= 11 is 0. The van der Waals surface area contributed by atoms with E-state index in [1.54, 1.807) is 30.3 Å². The number of nitrogens with zero attached hydrogens (tertiary/aromatic N) is 1. The summed E-state index contributed by atoms with van der Waals surface area (Å²) in [4.78, 5) is 21.4. The molecule has 0 aromatic heterocycles. The van der Waals surface area contributed by atoms with Crippen LogP contribution in [0.2, 0.25) is 0 Å². The molecule has 0 unspecified atom stereocenters. The number of para-hydroxylation sites is 1. The predicted molar refractivity (Wildman–Crippen MR) is 83.4 cm³/mol. The van der Waals surface area contributed by atoms with Crippen LogP contribution in [0.5, 0.6) is 0 Å². The molecule has 0 aliphatic carbocycles. The third-order valence-corrected chi connectivity index (χ3v) is 4.22. The van der Waals surface area contributed by atoms with Crippen molar-refractivity contribution in [3.05, 3.63) is 64.7 Å². The Balaban J connectivity index is 2.03. The molecule has 2 N–H and O–H groups in total. The van der Waals surface area contributed by atoms with E-state index in [0.29, 0.717) is 5.69 Å². The Kier molecular flexibility index (Phi) is 5.04. The van der Waals surface area contributed by atoms with Gasteiger partial charge in [0.1, 0.15) is 0 Å². The number of nitrogens with one attached hydrogen (secondary N) is 2. The second-order valence-electron chi connectivity index (χ2n) is 4.49. The van der Waals surface area contributed by atoms with E-state index in [1.165, 1.54) is 18.2 Å². The van der Waals surface area contributed by atoms with Crippen LogP contribution in [0.25, 0.3) is 0 Å². The van der Waals surface area contributed by atoms with Crippen LogP contribution in [0.4, 0.5) is 11.4 Å². The summed E-state index contributed by atoms with van der Waals surface area (Å²) in [6, 6.07) is 13.1. The van der Waals surface area contributed by atoms with Gasteiger partial charge in [-0.1, -0.05) is 24.3 Å². The quantitative estimate of drug-likeness (QED) is 0.613. The van der Waals surface area contributed by atoms with Gasteiger partial charge >= 0.3 is 0 Å². The van der Waals surface area contributed by atoms with E-state index in [-0.39, 0.29) is 10.6 Å². The van der Waals surface area contributed by atoms with Gasteiger partial charge in [0.2, 0.25) is 15.9 Å². The van der Waals surface area contributed by atoms with Gasteiger partial charge in [-0.05, 0) is 18.2 Å². The number of anilines is 1. The van der Waals surface area contributed by atoms with Gasteiger partial charge in [0, 0.05) is 17.8 Å². The van der Waals surface area contributed by atoms with Crippen LogP contribution in [-0.2, 0) is 14.8 Å². The van der Waals surface area contributed by atoms with Crippen LogP contribution in [0.1, 0.15) is 0 Å². The molecule has 120 valence electrons. The first-order chi connectivity index (χ1) is 10.9. The normalized spacial score (nSPS) is 11.0. The first kappa shape index (κ1) is 16.6. The standard InChI is InChI=1S/C14H13N3O5S/c18-14(16-11-5-2-1-3-6-11)10-15-23(21,22)13-8-4-7-12(9-13)17(19)20/h1-9,15H,10H2,(H,16,18). The molecule has 0 aliphatic heterocycles. The Labute approximate surface area is 132 Å². The second kappa shape index (κ2) is 6.99. The molecular weight excluding hydrogens is 322 g/mol. The van der Waals surface area contributed by atoms with E-state index in [1.807, 2.05) is 0 Å². The molecule has 23 heavy (non-hydrogen) atoms. The number of non-ortho nitro benzene ring substituents is 1. The van der Waals surface area contributed by atoms with Gasteiger partial charge in [-0.2, -0.15) is 0 Å². The SMILES string of the molecule is O=C(CNS(=O)(=O)c1cccc([N+](=O)[O-])c1)Nc1ccccc1. The molecule has 0 atom stereocenters. The first-order valence-corrected chi connectivity index (χ1v) is 7.96. The van der Waals surface area contributed by atoms with Gasteiger partial charge in [-0.3, -0.25) is 14.9 Å². The van der Waals surface area contributed by atoms with E-state index in [0.717, 1.165) is 6.07 Å². The Bertz CT molecular complexity index is 821. The van der Waals surface area contributed by atoms with Crippen LogP contribution in [0.15, 0.2) is 59.5 Å². The molecule has 0 aliphatic rings. The lowest BCUT2D eigenvalue weighted by molar-refractivity contribution is -0.385. The number of nitro groups is 1. The van der Waals surface area contributed by atoms with Crippen LogP contribution < -0.4 is 10.0 Å². The maximum absolute atomic E-state index is 12.1. The van der Waals surface area contributed by atoms with Crippen molar-refractivity contribution in [3.8, 4) is 0 Å². The highest BCUT2D eigenvalue weighted by Gasteiger charge is 2.18. The fourth-order valence-electron chi connectivity index (χ4n) is 1.73. The largest absolute Gasteiger partial charge is 0.325 e. The predicted octanol–water partition coefficient (Wildman–Crippen LogP) is 1.51. The molecule has 0 saturated carbocycles. The minimum atomic E-state index is -4.02. The lowest BCUT2D eigenvalue weighted by atomic mass is 10.3. The van der Waals surface area contributed by atoms with Gasteiger partial charge in [-0.15, -0.1) is 0 Å². The van der Waals surface area contributed by atoms with E-state index < -0.39 is 27.4 Å². The average Bonchev–Trinajstić information content (AvgIpc) is 2.54. The van der Waals surface area contributed by atoms with Gasteiger partial charge in [-0.25, -0.2) is 13.1 Å². The fraction of sp³-hybridized carbons (Fsp3) is 0.0714. The highest BCUT2D eigenvalue weighted by molar-refractivity contribution is 7.89. The molecule has 2 aromatic carbocycles. The zero-order valence-corrected chi connectivity index (χ0v) is 12.6. The van der Waals surface area contributed by atoms with Crippen molar-refractivity contribution in [2.75, 3.05) is 11.9 Å². The monoisotopic (exact) mass is 335 g/mol. The molecule has 0 spiro atoms. The summed E-state index contributed by atoms with van der Waals surface area (Å²) < 4.78 is 26.2. The van der Waals surface area contributed by atoms with Crippen molar-refractivity contribution in [1.29, 1.82) is 0 Å². The lowest BCUT2D eigenvalue weighted by Gasteiger charge is -2.07. The van der Waals surface area contributed by atoms with Crippen molar-refractivity contribution in [2.24, 2.45) is 0 Å². The fourth-order valence-corrected chi connectivity index (χ4v) is 2.76. The molecule has 0 fully saturated rings. The van der Waals surface area contributed by atoms with Gasteiger partial charge in [0.15, 0.2) is 0 Å². The van der Waals surface area contributed by atoms with Gasteiger partial charge in [0.05, 0.1) is 16.4 Å². The molecule has 0 saturated heterocycles. The number of rotatable bonds is 6. The van der Waals surface area contributed by atoms with Crippen molar-refractivity contribution >= 4 is 27.3 Å². The molecule has 0 bridgehead atoms. The molecule has 2 aromatic rings.